The van der Waals surface area contributed by atoms with E-state index in [1.54, 1.807) is 13.0 Å². The van der Waals surface area contributed by atoms with E-state index in [0.29, 0.717) is 11.5 Å². The number of hydrogen-bond donors (Lipinski definition) is 2. The van der Waals surface area contributed by atoms with Gasteiger partial charge in [-0.15, -0.1) is 0 Å². The lowest BCUT2D eigenvalue weighted by Gasteiger charge is -2.33. The van der Waals surface area contributed by atoms with Crippen LogP contribution in [0.25, 0.3) is 0 Å². The van der Waals surface area contributed by atoms with Crippen molar-refractivity contribution in [2.75, 3.05) is 13.1 Å². The van der Waals surface area contributed by atoms with E-state index in [0.717, 1.165) is 31.6 Å². The van der Waals surface area contributed by atoms with Crippen molar-refractivity contribution in [3.63, 3.8) is 0 Å². The molecule has 92 valence electrons. The van der Waals surface area contributed by atoms with Gasteiger partial charge < -0.3 is 11.1 Å². The molecule has 0 unspecified atom stereocenters. The van der Waals surface area contributed by atoms with Gasteiger partial charge in [0.2, 0.25) is 0 Å². The molecule has 1 aliphatic heterocycles. The number of nitrogens with zero attached hydrogens (tertiary/aromatic N) is 2. The second-order valence-corrected chi connectivity index (χ2v) is 4.86. The third kappa shape index (κ3) is 2.44. The van der Waals surface area contributed by atoms with Crippen molar-refractivity contribution >= 4 is 5.91 Å². The summed E-state index contributed by atoms with van der Waals surface area (Å²) in [6.45, 7) is 5.93. The van der Waals surface area contributed by atoms with Gasteiger partial charge in [-0.25, -0.2) is 9.97 Å². The van der Waals surface area contributed by atoms with Crippen LogP contribution in [-0.4, -0.2) is 29.0 Å². The minimum Gasteiger partial charge on any atom is -0.364 e. The zero-order valence-corrected chi connectivity index (χ0v) is 10.3. The average Bonchev–Trinajstić information content (AvgIpc) is 2.29. The first kappa shape index (κ1) is 12.0. The van der Waals surface area contributed by atoms with Gasteiger partial charge in [0.05, 0.1) is 5.69 Å². The fraction of sp³-hybridized carbons (Fsp3) is 0.583. The minimum atomic E-state index is -0.491. The van der Waals surface area contributed by atoms with E-state index in [1.165, 1.54) is 0 Å². The summed E-state index contributed by atoms with van der Waals surface area (Å²) in [7, 11) is 0. The van der Waals surface area contributed by atoms with Crippen LogP contribution < -0.4 is 11.1 Å². The topological polar surface area (TPSA) is 80.9 Å². The largest absolute Gasteiger partial charge is 0.364 e. The van der Waals surface area contributed by atoms with E-state index in [2.05, 4.69) is 22.2 Å². The van der Waals surface area contributed by atoms with Crippen LogP contribution in [0.5, 0.6) is 0 Å². The molecule has 0 bridgehead atoms. The molecule has 5 nitrogen and oxygen atoms in total. The van der Waals surface area contributed by atoms with Gasteiger partial charge in [-0.05, 0) is 38.9 Å². The second kappa shape index (κ2) is 4.41. The predicted molar refractivity (Wildman–Crippen MR) is 64.7 cm³/mol. The molecule has 0 aromatic carbocycles. The van der Waals surface area contributed by atoms with Crippen molar-refractivity contribution in [1.29, 1.82) is 0 Å². The first-order chi connectivity index (χ1) is 8.01. The van der Waals surface area contributed by atoms with Crippen LogP contribution in [0.3, 0.4) is 0 Å². The number of amides is 1. The Morgan fingerprint density at radius 3 is 2.65 bits per heavy atom. The summed E-state index contributed by atoms with van der Waals surface area (Å²) in [5.41, 5.74) is 6.54. The van der Waals surface area contributed by atoms with Crippen LogP contribution in [0.4, 0.5) is 0 Å². The molecular weight excluding hydrogens is 216 g/mol. The number of primary amides is 1. The summed E-state index contributed by atoms with van der Waals surface area (Å²) in [6, 6.07) is 1.74. The number of carbonyl (C=O) groups excluding carboxylic acids is 1. The maximum absolute atomic E-state index is 11.2. The molecule has 0 radical (unpaired) electrons. The van der Waals surface area contributed by atoms with E-state index >= 15 is 0 Å². The van der Waals surface area contributed by atoms with E-state index in [9.17, 15) is 4.79 Å². The van der Waals surface area contributed by atoms with Gasteiger partial charge in [-0.1, -0.05) is 6.92 Å². The Hall–Kier alpha value is -1.49. The van der Waals surface area contributed by atoms with Gasteiger partial charge in [0.15, 0.2) is 0 Å². The number of aromatic nitrogens is 2. The van der Waals surface area contributed by atoms with Gasteiger partial charge >= 0.3 is 0 Å². The highest BCUT2D eigenvalue weighted by molar-refractivity contribution is 5.90. The third-order valence-corrected chi connectivity index (χ3v) is 3.42. The van der Waals surface area contributed by atoms with Crippen LogP contribution in [0.15, 0.2) is 6.07 Å². The van der Waals surface area contributed by atoms with Gasteiger partial charge in [-0.3, -0.25) is 4.79 Å². The molecule has 1 amide bonds. The SMILES string of the molecule is Cc1nc(C(N)=O)cc(C2(C)CCNCC2)n1. The summed E-state index contributed by atoms with van der Waals surface area (Å²) in [6.07, 6.45) is 2.03. The highest BCUT2D eigenvalue weighted by Crippen LogP contribution is 2.31. The van der Waals surface area contributed by atoms with Crippen LogP contribution in [-0.2, 0) is 5.41 Å². The smallest absolute Gasteiger partial charge is 0.267 e. The quantitative estimate of drug-likeness (QED) is 0.782. The third-order valence-electron chi connectivity index (χ3n) is 3.42. The molecule has 5 heteroatoms. The minimum absolute atomic E-state index is 0.0170. The Bertz CT molecular complexity index is 438. The highest BCUT2D eigenvalue weighted by atomic mass is 16.1. The summed E-state index contributed by atoms with van der Waals surface area (Å²) in [5.74, 6) is 0.116. The van der Waals surface area contributed by atoms with Gasteiger partial charge in [-0.2, -0.15) is 0 Å². The maximum Gasteiger partial charge on any atom is 0.267 e. The summed E-state index contributed by atoms with van der Waals surface area (Å²) in [4.78, 5) is 19.7. The molecule has 1 aromatic heterocycles. The van der Waals surface area contributed by atoms with Crippen molar-refractivity contribution in [2.24, 2.45) is 5.73 Å². The summed E-state index contributed by atoms with van der Waals surface area (Å²) >= 11 is 0. The zero-order chi connectivity index (χ0) is 12.5. The van der Waals surface area contributed by atoms with Crippen molar-refractivity contribution in [2.45, 2.75) is 32.1 Å². The molecular formula is C12H18N4O. The number of nitrogens with two attached hydrogens (primary N) is 1. The van der Waals surface area contributed by atoms with E-state index < -0.39 is 5.91 Å². The lowest BCUT2D eigenvalue weighted by atomic mass is 9.78. The summed E-state index contributed by atoms with van der Waals surface area (Å²) < 4.78 is 0. The Morgan fingerprint density at radius 2 is 2.06 bits per heavy atom. The highest BCUT2D eigenvalue weighted by Gasteiger charge is 2.31. The van der Waals surface area contributed by atoms with Crippen molar-refractivity contribution < 1.29 is 4.79 Å². The van der Waals surface area contributed by atoms with Crippen LogP contribution in [0, 0.1) is 6.92 Å². The van der Waals surface area contributed by atoms with Crippen LogP contribution in [0.2, 0.25) is 0 Å². The Balaban J connectivity index is 2.40. The molecule has 0 saturated carbocycles. The monoisotopic (exact) mass is 234 g/mol. The van der Waals surface area contributed by atoms with Crippen molar-refractivity contribution in [3.05, 3.63) is 23.3 Å². The molecule has 0 atom stereocenters. The van der Waals surface area contributed by atoms with Gasteiger partial charge in [0, 0.05) is 5.41 Å². The molecule has 1 saturated heterocycles. The molecule has 0 aliphatic carbocycles. The molecule has 2 rings (SSSR count). The number of aryl methyl sites for hydroxylation is 1. The molecule has 17 heavy (non-hydrogen) atoms. The molecule has 3 N–H and O–H groups in total. The number of nitrogens with one attached hydrogen (secondary N) is 1. The Morgan fingerprint density at radius 1 is 1.41 bits per heavy atom. The fourth-order valence-corrected chi connectivity index (χ4v) is 2.24. The molecule has 1 aliphatic rings. The second-order valence-electron chi connectivity index (χ2n) is 4.86. The zero-order valence-electron chi connectivity index (χ0n) is 10.3. The normalized spacial score (nSPS) is 18.9. The molecule has 0 spiro atoms. The standard InChI is InChI=1S/C12H18N4O/c1-8-15-9(11(13)17)7-10(16-8)12(2)3-5-14-6-4-12/h7,14H,3-6H2,1-2H3,(H2,13,17). The fourth-order valence-electron chi connectivity index (χ4n) is 2.24. The number of carbonyl (C=O) groups is 1. The van der Waals surface area contributed by atoms with Gasteiger partial charge in [0.1, 0.15) is 11.5 Å². The average molecular weight is 234 g/mol. The molecule has 1 aromatic rings. The van der Waals surface area contributed by atoms with E-state index in [1.807, 2.05) is 0 Å². The van der Waals surface area contributed by atoms with E-state index in [-0.39, 0.29) is 5.41 Å². The Labute approximate surface area is 101 Å². The number of piperidine rings is 1. The van der Waals surface area contributed by atoms with Crippen LogP contribution >= 0.6 is 0 Å². The first-order valence-corrected chi connectivity index (χ1v) is 5.88. The predicted octanol–water partition coefficient (Wildman–Crippen LogP) is 0.525. The number of rotatable bonds is 2. The number of hydrogen-bond acceptors (Lipinski definition) is 4. The molecule has 1 fully saturated rings. The van der Waals surface area contributed by atoms with Crippen LogP contribution in [0.1, 0.15) is 41.8 Å². The molecule has 2 heterocycles. The van der Waals surface area contributed by atoms with E-state index in [4.69, 9.17) is 5.73 Å². The lowest BCUT2D eigenvalue weighted by molar-refractivity contribution is 0.0995. The Kier molecular flexibility index (Phi) is 3.11. The van der Waals surface area contributed by atoms with Crippen molar-refractivity contribution in [1.82, 2.24) is 15.3 Å². The van der Waals surface area contributed by atoms with Gasteiger partial charge in [0.25, 0.3) is 5.91 Å². The maximum atomic E-state index is 11.2. The lowest BCUT2D eigenvalue weighted by Crippen LogP contribution is -2.38. The van der Waals surface area contributed by atoms with Crippen molar-refractivity contribution in [3.8, 4) is 0 Å². The first-order valence-electron chi connectivity index (χ1n) is 5.88. The summed E-state index contributed by atoms with van der Waals surface area (Å²) in [5, 5.41) is 3.33.